The van der Waals surface area contributed by atoms with Crippen LogP contribution >= 0.6 is 0 Å². The third-order valence-electron chi connectivity index (χ3n) is 5.88. The lowest BCUT2D eigenvalue weighted by atomic mass is 9.74. The number of likely N-dealkylation sites (tertiary alicyclic amines) is 2. The van der Waals surface area contributed by atoms with Crippen molar-refractivity contribution < 1.29 is 14.6 Å². The number of aromatic nitrogens is 2. The molecule has 0 bridgehead atoms. The summed E-state index contributed by atoms with van der Waals surface area (Å²) in [6.45, 7) is 5.69. The van der Waals surface area contributed by atoms with Gasteiger partial charge in [0.25, 0.3) is 0 Å². The highest BCUT2D eigenvalue weighted by Crippen LogP contribution is 2.48. The predicted molar refractivity (Wildman–Crippen MR) is 93.8 cm³/mol. The van der Waals surface area contributed by atoms with E-state index in [1.807, 2.05) is 29.7 Å². The maximum absolute atomic E-state index is 12.4. The second kappa shape index (κ2) is 7.05. The molecule has 25 heavy (non-hydrogen) atoms. The van der Waals surface area contributed by atoms with E-state index in [4.69, 9.17) is 4.74 Å². The van der Waals surface area contributed by atoms with Gasteiger partial charge in [-0.25, -0.2) is 0 Å². The number of methoxy groups -OCH3 is 1. The summed E-state index contributed by atoms with van der Waals surface area (Å²) in [5.41, 5.74) is 0.738. The molecule has 3 rings (SSSR count). The highest BCUT2D eigenvalue weighted by atomic mass is 16.5. The molecule has 1 aromatic heterocycles. The van der Waals surface area contributed by atoms with Crippen LogP contribution in [0.1, 0.15) is 31.9 Å². The van der Waals surface area contributed by atoms with Crippen LogP contribution in [0.15, 0.2) is 12.3 Å². The highest BCUT2D eigenvalue weighted by molar-refractivity contribution is 5.78. The second-order valence-corrected chi connectivity index (χ2v) is 8.00. The predicted octanol–water partition coefficient (Wildman–Crippen LogP) is 0.632. The summed E-state index contributed by atoms with van der Waals surface area (Å²) in [6.07, 6.45) is 4.94. The van der Waals surface area contributed by atoms with Crippen LogP contribution in [0.25, 0.3) is 0 Å². The zero-order valence-electron chi connectivity index (χ0n) is 15.6. The third kappa shape index (κ3) is 3.73. The number of piperidine rings is 1. The molecular weight excluding hydrogens is 320 g/mol. The van der Waals surface area contributed by atoms with Crippen LogP contribution < -0.4 is 0 Å². The van der Waals surface area contributed by atoms with Gasteiger partial charge in [-0.3, -0.25) is 14.4 Å². The molecule has 0 saturated carbocycles. The Kier molecular flexibility index (Phi) is 5.18. The van der Waals surface area contributed by atoms with E-state index in [1.165, 1.54) is 7.11 Å². The van der Waals surface area contributed by atoms with E-state index < -0.39 is 5.54 Å². The lowest BCUT2D eigenvalue weighted by molar-refractivity contribution is -0.140. The van der Waals surface area contributed by atoms with E-state index >= 15 is 0 Å². The molecule has 0 aromatic carbocycles. The Hall–Kier alpha value is -1.44. The van der Waals surface area contributed by atoms with Crippen molar-refractivity contribution in [3.05, 3.63) is 18.0 Å². The molecule has 2 aliphatic rings. The van der Waals surface area contributed by atoms with E-state index in [2.05, 4.69) is 16.1 Å². The molecule has 0 radical (unpaired) electrons. The molecule has 0 aliphatic carbocycles. The number of carbonyl (C=O) groups is 1. The zero-order valence-corrected chi connectivity index (χ0v) is 15.6. The number of aliphatic hydroxyl groups excluding tert-OH is 1. The molecular formula is C18H30N4O3. The quantitative estimate of drug-likeness (QED) is 0.844. The van der Waals surface area contributed by atoms with Crippen molar-refractivity contribution in [1.82, 2.24) is 19.6 Å². The number of aryl methyl sites for hydroxylation is 1. The van der Waals surface area contributed by atoms with Crippen LogP contribution in [-0.2, 0) is 23.1 Å². The smallest absolute Gasteiger partial charge is 0.249 e. The van der Waals surface area contributed by atoms with Gasteiger partial charge >= 0.3 is 0 Å². The Morgan fingerprint density at radius 1 is 1.40 bits per heavy atom. The fourth-order valence-electron chi connectivity index (χ4n) is 4.51. The average Bonchev–Trinajstić information content (AvgIpc) is 3.12. The first-order valence-corrected chi connectivity index (χ1v) is 9.01. The molecule has 7 nitrogen and oxygen atoms in total. The monoisotopic (exact) mass is 350 g/mol. The summed E-state index contributed by atoms with van der Waals surface area (Å²) >= 11 is 0. The molecule has 1 amide bonds. The average molecular weight is 350 g/mol. The minimum Gasteiger partial charge on any atom is -0.394 e. The Morgan fingerprint density at radius 3 is 2.68 bits per heavy atom. The van der Waals surface area contributed by atoms with Crippen molar-refractivity contribution in [2.24, 2.45) is 12.5 Å². The topological polar surface area (TPSA) is 70.8 Å². The molecule has 3 heterocycles. The van der Waals surface area contributed by atoms with Crippen molar-refractivity contribution in [3.8, 4) is 0 Å². The van der Waals surface area contributed by atoms with E-state index in [9.17, 15) is 9.90 Å². The van der Waals surface area contributed by atoms with Gasteiger partial charge in [-0.05, 0) is 50.8 Å². The number of nitrogens with zero attached hydrogens (tertiary/aromatic N) is 4. The normalized spacial score (nSPS) is 26.5. The van der Waals surface area contributed by atoms with Crippen LogP contribution in [0.2, 0.25) is 0 Å². The zero-order chi connectivity index (χ0) is 18.1. The van der Waals surface area contributed by atoms with Gasteiger partial charge in [0.05, 0.1) is 17.8 Å². The number of ether oxygens (including phenoxy) is 1. The molecule has 7 heteroatoms. The molecule has 2 aliphatic heterocycles. The Labute approximate surface area is 149 Å². The van der Waals surface area contributed by atoms with Crippen molar-refractivity contribution in [2.45, 2.75) is 38.3 Å². The highest BCUT2D eigenvalue weighted by Gasteiger charge is 2.52. The third-order valence-corrected chi connectivity index (χ3v) is 5.88. The van der Waals surface area contributed by atoms with Gasteiger partial charge in [0, 0.05) is 33.4 Å². The number of rotatable bonds is 5. The van der Waals surface area contributed by atoms with Crippen molar-refractivity contribution in [3.63, 3.8) is 0 Å². The molecule has 2 fully saturated rings. The largest absolute Gasteiger partial charge is 0.394 e. The number of amides is 1. The molecule has 1 aromatic rings. The number of aliphatic hydroxyl groups is 1. The van der Waals surface area contributed by atoms with E-state index in [0.717, 1.165) is 51.1 Å². The second-order valence-electron chi connectivity index (χ2n) is 8.00. The first-order valence-electron chi connectivity index (χ1n) is 9.01. The Morgan fingerprint density at radius 2 is 2.12 bits per heavy atom. The minimum absolute atomic E-state index is 0.00184. The summed E-state index contributed by atoms with van der Waals surface area (Å²) < 4.78 is 6.86. The van der Waals surface area contributed by atoms with E-state index in [1.54, 1.807) is 0 Å². The summed E-state index contributed by atoms with van der Waals surface area (Å²) in [5.74, 6) is -0.0214. The summed E-state index contributed by atoms with van der Waals surface area (Å²) in [6, 6.07) is 2.06. The Balaban J connectivity index is 1.63. The first kappa shape index (κ1) is 18.4. The van der Waals surface area contributed by atoms with Gasteiger partial charge in [-0.1, -0.05) is 0 Å². The van der Waals surface area contributed by atoms with Crippen molar-refractivity contribution in [2.75, 3.05) is 40.0 Å². The van der Waals surface area contributed by atoms with Gasteiger partial charge in [-0.2, -0.15) is 5.10 Å². The van der Waals surface area contributed by atoms with Crippen LogP contribution in [-0.4, -0.2) is 76.1 Å². The van der Waals surface area contributed by atoms with E-state index in [-0.39, 0.29) is 24.5 Å². The lowest BCUT2D eigenvalue weighted by Crippen LogP contribution is -2.49. The van der Waals surface area contributed by atoms with Crippen molar-refractivity contribution in [1.29, 1.82) is 0 Å². The van der Waals surface area contributed by atoms with Gasteiger partial charge in [-0.15, -0.1) is 0 Å². The Bertz CT molecular complexity index is 609. The number of carbonyl (C=O) groups excluding carboxylic acids is 1. The first-order chi connectivity index (χ1) is 11.9. The van der Waals surface area contributed by atoms with Crippen LogP contribution in [0.4, 0.5) is 0 Å². The van der Waals surface area contributed by atoms with E-state index in [0.29, 0.717) is 0 Å². The molecule has 1 atom stereocenters. The molecule has 140 valence electrons. The maximum atomic E-state index is 12.4. The lowest BCUT2D eigenvalue weighted by Gasteiger charge is -2.39. The molecule has 2 saturated heterocycles. The SMILES string of the molecule is COCC(=O)N1CC2(CCN(Cc3ccn(C)n3)CC2)C[C@@]1(C)CO. The maximum Gasteiger partial charge on any atom is 0.249 e. The van der Waals surface area contributed by atoms with Gasteiger partial charge in [0.15, 0.2) is 0 Å². The summed E-state index contributed by atoms with van der Waals surface area (Å²) in [4.78, 5) is 16.7. The fraction of sp³-hybridized carbons (Fsp3) is 0.778. The van der Waals surface area contributed by atoms with Crippen LogP contribution in [0, 0.1) is 5.41 Å². The number of hydrogen-bond donors (Lipinski definition) is 1. The van der Waals surface area contributed by atoms with Gasteiger partial charge in [0.1, 0.15) is 6.61 Å². The van der Waals surface area contributed by atoms with Gasteiger partial charge < -0.3 is 14.7 Å². The van der Waals surface area contributed by atoms with Crippen molar-refractivity contribution >= 4 is 5.91 Å². The summed E-state index contributed by atoms with van der Waals surface area (Å²) in [5, 5.41) is 14.4. The minimum atomic E-state index is -0.473. The number of hydrogen-bond acceptors (Lipinski definition) is 5. The molecule has 0 unspecified atom stereocenters. The molecule has 1 spiro atoms. The van der Waals surface area contributed by atoms with Gasteiger partial charge in [0.2, 0.25) is 5.91 Å². The standard InChI is InChI=1S/C18H30N4O3/c1-17(14-23)12-18(13-22(17)16(24)11-25-3)5-8-21(9-6-18)10-15-4-7-20(2)19-15/h4,7,23H,5-6,8-14H2,1-3H3/t17-/m0/s1. The molecule has 1 N–H and O–H groups in total. The van der Waals surface area contributed by atoms with Crippen LogP contribution in [0.3, 0.4) is 0 Å². The summed E-state index contributed by atoms with van der Waals surface area (Å²) in [7, 11) is 3.48. The fourth-order valence-corrected chi connectivity index (χ4v) is 4.51. The van der Waals surface area contributed by atoms with Crippen LogP contribution in [0.5, 0.6) is 0 Å².